The number of hydrogen-bond acceptors (Lipinski definition) is 6. The minimum Gasteiger partial charge on any atom is -0.493 e. The molecule has 2 N–H and O–H groups in total. The molecule has 3 aromatic carbocycles. The molecule has 0 atom stereocenters. The summed E-state index contributed by atoms with van der Waals surface area (Å²) in [5.74, 6) is 0.985. The molecule has 1 fully saturated rings. The third-order valence-electron chi connectivity index (χ3n) is 6.20. The van der Waals surface area contributed by atoms with Crippen LogP contribution in [0.3, 0.4) is 0 Å². The largest absolute Gasteiger partial charge is 0.493 e. The van der Waals surface area contributed by atoms with Gasteiger partial charge in [0.2, 0.25) is 5.91 Å². The highest BCUT2D eigenvalue weighted by molar-refractivity contribution is 6.32. The van der Waals surface area contributed by atoms with Gasteiger partial charge in [-0.15, -0.1) is 5.10 Å². The van der Waals surface area contributed by atoms with Gasteiger partial charge in [-0.1, -0.05) is 29.8 Å². The quantitative estimate of drug-likeness (QED) is 0.375. The van der Waals surface area contributed by atoms with Gasteiger partial charge >= 0.3 is 0 Å². The average Bonchev–Trinajstić information content (AvgIpc) is 3.48. The number of aromatic amines is 1. The van der Waals surface area contributed by atoms with Crippen molar-refractivity contribution >= 4 is 23.2 Å². The molecular weight excluding hydrogens is 473 g/mol. The summed E-state index contributed by atoms with van der Waals surface area (Å²) in [5, 5.41) is 17.5. The number of carbonyl (C=O) groups excluding carboxylic acids is 1. The number of nitrogens with zero attached hydrogens (tertiary/aromatic N) is 3. The van der Waals surface area contributed by atoms with Crippen LogP contribution < -0.4 is 14.8 Å². The summed E-state index contributed by atoms with van der Waals surface area (Å²) in [6, 6.07) is 15.2. The minimum absolute atomic E-state index is 0.202. The first kappa shape index (κ1) is 22.8. The Morgan fingerprint density at radius 3 is 2.49 bits per heavy atom. The van der Waals surface area contributed by atoms with Crippen LogP contribution in [0.5, 0.6) is 11.5 Å². The monoisotopic (exact) mass is 493 g/mol. The van der Waals surface area contributed by atoms with Crippen LogP contribution in [0.2, 0.25) is 5.02 Å². The van der Waals surface area contributed by atoms with Crippen LogP contribution in [0, 0.1) is 5.82 Å². The van der Waals surface area contributed by atoms with E-state index in [1.165, 1.54) is 12.1 Å². The topological polar surface area (TPSA) is 102 Å². The van der Waals surface area contributed by atoms with Crippen LogP contribution in [-0.4, -0.2) is 40.8 Å². The molecule has 4 aromatic rings. The van der Waals surface area contributed by atoms with Crippen LogP contribution in [0.1, 0.15) is 18.4 Å². The summed E-state index contributed by atoms with van der Waals surface area (Å²) >= 11 is 6.26. The molecule has 1 heterocycles. The van der Waals surface area contributed by atoms with Crippen molar-refractivity contribution in [2.24, 2.45) is 0 Å². The average molecular weight is 494 g/mol. The van der Waals surface area contributed by atoms with E-state index in [1.54, 1.807) is 32.4 Å². The molecule has 1 aromatic heterocycles. The number of ether oxygens (including phenoxy) is 2. The summed E-state index contributed by atoms with van der Waals surface area (Å²) in [5.41, 5.74) is 2.77. The first-order chi connectivity index (χ1) is 16.9. The second-order valence-corrected chi connectivity index (χ2v) is 8.65. The number of rotatable bonds is 7. The third-order valence-corrected chi connectivity index (χ3v) is 6.52. The third kappa shape index (κ3) is 4.19. The van der Waals surface area contributed by atoms with Crippen molar-refractivity contribution in [1.82, 2.24) is 20.6 Å². The smallest absolute Gasteiger partial charge is 0.235 e. The Morgan fingerprint density at radius 1 is 1.03 bits per heavy atom. The highest BCUT2D eigenvalue weighted by Crippen LogP contribution is 2.51. The first-order valence-corrected chi connectivity index (χ1v) is 11.2. The minimum atomic E-state index is -0.777. The molecule has 8 nitrogen and oxygen atoms in total. The molecule has 1 aliphatic carbocycles. The van der Waals surface area contributed by atoms with Gasteiger partial charge in [-0.25, -0.2) is 9.49 Å². The molecule has 1 amide bonds. The standard InChI is InChI=1S/C25H21ClFN5O3/c1-34-21-8-3-14(11-22(21)35-2)17-6-5-16(13-18(17)23-29-31-32-30-23)28-24(33)25(9-10-25)19-7-4-15(27)12-20(19)26/h3-8,11-13H,9-10H2,1-2H3,(H,28,33)(H,29,30,31,32). The maximum Gasteiger partial charge on any atom is 0.235 e. The summed E-state index contributed by atoms with van der Waals surface area (Å²) in [6.07, 6.45) is 1.26. The fraction of sp³-hybridized carbons (Fsp3) is 0.200. The number of carbonyl (C=O) groups is 1. The van der Waals surface area contributed by atoms with E-state index >= 15 is 0 Å². The molecule has 5 rings (SSSR count). The van der Waals surface area contributed by atoms with Gasteiger partial charge < -0.3 is 14.8 Å². The molecule has 1 aliphatic rings. The van der Waals surface area contributed by atoms with E-state index < -0.39 is 11.2 Å². The number of halogens is 2. The highest BCUT2D eigenvalue weighted by Gasteiger charge is 2.52. The number of H-pyrrole nitrogens is 1. The fourth-order valence-electron chi connectivity index (χ4n) is 4.22. The molecule has 0 bridgehead atoms. The van der Waals surface area contributed by atoms with E-state index in [-0.39, 0.29) is 10.9 Å². The Bertz CT molecular complexity index is 1410. The zero-order valence-electron chi connectivity index (χ0n) is 18.9. The Labute approximate surface area is 205 Å². The van der Waals surface area contributed by atoms with E-state index in [2.05, 4.69) is 25.9 Å². The molecule has 0 radical (unpaired) electrons. The van der Waals surface area contributed by atoms with Crippen molar-refractivity contribution in [1.29, 1.82) is 0 Å². The molecule has 0 unspecified atom stereocenters. The highest BCUT2D eigenvalue weighted by atomic mass is 35.5. The van der Waals surface area contributed by atoms with Crippen LogP contribution in [0.4, 0.5) is 10.1 Å². The van der Waals surface area contributed by atoms with E-state index in [9.17, 15) is 9.18 Å². The Morgan fingerprint density at radius 2 is 1.83 bits per heavy atom. The van der Waals surface area contributed by atoms with E-state index in [1.807, 2.05) is 24.3 Å². The lowest BCUT2D eigenvalue weighted by molar-refractivity contribution is -0.118. The number of tetrazole rings is 1. The number of amides is 1. The van der Waals surface area contributed by atoms with Crippen molar-refractivity contribution in [3.05, 3.63) is 71.0 Å². The number of benzene rings is 3. The van der Waals surface area contributed by atoms with Crippen LogP contribution >= 0.6 is 11.6 Å². The second kappa shape index (κ2) is 8.99. The van der Waals surface area contributed by atoms with E-state index in [4.69, 9.17) is 21.1 Å². The predicted octanol–water partition coefficient (Wildman–Crippen LogP) is 5.01. The summed E-state index contributed by atoms with van der Waals surface area (Å²) in [4.78, 5) is 13.3. The van der Waals surface area contributed by atoms with Gasteiger partial charge in [-0.05, 0) is 76.4 Å². The molecule has 35 heavy (non-hydrogen) atoms. The second-order valence-electron chi connectivity index (χ2n) is 8.24. The van der Waals surface area contributed by atoms with E-state index in [0.717, 1.165) is 11.1 Å². The molecule has 0 aliphatic heterocycles. The molecule has 10 heteroatoms. The molecule has 1 saturated carbocycles. The van der Waals surface area contributed by atoms with Crippen LogP contribution in [0.15, 0.2) is 54.6 Å². The maximum atomic E-state index is 13.5. The number of aromatic nitrogens is 4. The van der Waals surface area contributed by atoms with Gasteiger partial charge in [0.1, 0.15) is 5.82 Å². The van der Waals surface area contributed by atoms with Gasteiger partial charge in [-0.3, -0.25) is 4.79 Å². The zero-order chi connectivity index (χ0) is 24.6. The Kier molecular flexibility index (Phi) is 5.86. The number of nitrogens with one attached hydrogen (secondary N) is 2. The predicted molar refractivity (Wildman–Crippen MR) is 129 cm³/mol. The van der Waals surface area contributed by atoms with Gasteiger partial charge in [0.05, 0.1) is 19.6 Å². The van der Waals surface area contributed by atoms with E-state index in [0.29, 0.717) is 47.0 Å². The number of hydrogen-bond donors (Lipinski definition) is 2. The molecule has 0 spiro atoms. The van der Waals surface area contributed by atoms with Gasteiger partial charge in [-0.2, -0.15) is 0 Å². The van der Waals surface area contributed by atoms with Crippen molar-refractivity contribution in [2.45, 2.75) is 18.3 Å². The molecule has 0 saturated heterocycles. The maximum absolute atomic E-state index is 13.5. The van der Waals surface area contributed by atoms with Crippen molar-refractivity contribution in [3.8, 4) is 34.0 Å². The first-order valence-electron chi connectivity index (χ1n) is 10.8. The molecule has 178 valence electrons. The number of methoxy groups -OCH3 is 2. The van der Waals surface area contributed by atoms with Crippen LogP contribution in [0.25, 0.3) is 22.5 Å². The van der Waals surface area contributed by atoms with Crippen molar-refractivity contribution in [3.63, 3.8) is 0 Å². The normalized spacial score (nSPS) is 13.8. The van der Waals surface area contributed by atoms with Crippen LogP contribution in [-0.2, 0) is 10.2 Å². The zero-order valence-corrected chi connectivity index (χ0v) is 19.7. The Hall–Kier alpha value is -3.98. The SMILES string of the molecule is COc1ccc(-c2ccc(NC(=O)C3(c4ccc(F)cc4Cl)CC3)cc2-c2nnn[nH]2)cc1OC. The van der Waals surface area contributed by atoms with Gasteiger partial charge in [0, 0.05) is 16.3 Å². The Balaban J connectivity index is 1.50. The fourth-order valence-corrected chi connectivity index (χ4v) is 4.57. The summed E-state index contributed by atoms with van der Waals surface area (Å²) in [7, 11) is 3.15. The lowest BCUT2D eigenvalue weighted by Gasteiger charge is -2.18. The summed E-state index contributed by atoms with van der Waals surface area (Å²) < 4.78 is 24.3. The molecular formula is C25H21ClFN5O3. The number of anilines is 1. The van der Waals surface area contributed by atoms with Gasteiger partial charge in [0.15, 0.2) is 17.3 Å². The van der Waals surface area contributed by atoms with Crippen molar-refractivity contribution < 1.29 is 18.7 Å². The lowest BCUT2D eigenvalue weighted by Crippen LogP contribution is -2.28. The lowest BCUT2D eigenvalue weighted by atomic mass is 9.94. The summed E-state index contributed by atoms with van der Waals surface area (Å²) in [6.45, 7) is 0. The van der Waals surface area contributed by atoms with Gasteiger partial charge in [0.25, 0.3) is 0 Å². The van der Waals surface area contributed by atoms with Crippen molar-refractivity contribution in [2.75, 3.05) is 19.5 Å².